The first-order valence-electron chi connectivity index (χ1n) is 12.2. The van der Waals surface area contributed by atoms with E-state index in [-0.39, 0.29) is 33.5 Å². The van der Waals surface area contributed by atoms with Gasteiger partial charge in [-0.1, -0.05) is 60.1 Å². The molecule has 2 heterocycles. The van der Waals surface area contributed by atoms with Gasteiger partial charge in [-0.3, -0.25) is 9.59 Å². The summed E-state index contributed by atoms with van der Waals surface area (Å²) < 4.78 is 27.5. The zero-order chi connectivity index (χ0) is 26.4. The number of halogens is 1. The monoisotopic (exact) mass is 542 g/mol. The molecule has 2 aliphatic heterocycles. The van der Waals surface area contributed by atoms with Crippen molar-refractivity contribution in [2.75, 3.05) is 11.4 Å². The van der Waals surface area contributed by atoms with Gasteiger partial charge in [0.25, 0.3) is 11.8 Å². The second kappa shape index (κ2) is 9.42. The van der Waals surface area contributed by atoms with Gasteiger partial charge in [-0.2, -0.15) is 0 Å². The molecule has 0 saturated heterocycles. The molecule has 6 rings (SSSR count). The molecule has 0 aromatic heterocycles. The number of nitrogens with zero attached hydrogens (tertiary/aromatic N) is 2. The Labute approximate surface area is 226 Å². The van der Waals surface area contributed by atoms with Gasteiger partial charge in [0.2, 0.25) is 9.84 Å². The van der Waals surface area contributed by atoms with E-state index in [4.69, 9.17) is 11.6 Å². The fourth-order valence-corrected chi connectivity index (χ4v) is 6.88. The van der Waals surface area contributed by atoms with Crippen molar-refractivity contribution in [1.82, 2.24) is 4.90 Å². The average Bonchev–Trinajstić information content (AvgIpc) is 3.01. The molecule has 0 unspecified atom stereocenters. The Morgan fingerprint density at radius 2 is 1.55 bits per heavy atom. The highest BCUT2D eigenvalue weighted by Crippen LogP contribution is 2.38. The fraction of sp³-hybridized carbons (Fsp3) is 0.133. The lowest BCUT2D eigenvalue weighted by Gasteiger charge is -2.29. The van der Waals surface area contributed by atoms with Gasteiger partial charge in [0.1, 0.15) is 0 Å². The molecule has 4 aromatic carbocycles. The first-order chi connectivity index (χ1) is 18.3. The standard InChI is InChI=1S/C30H23ClN2O4S/c31-24-12-9-20(10-13-24)18-33-26-17-22(29(34)32-16-15-21-5-1-2-6-23(21)19-32)11-14-28(26)38(36,37)27-8-4-3-7-25(27)30(33)35/h1-14,17H,15-16,18-19H2. The van der Waals surface area contributed by atoms with Gasteiger partial charge in [0.15, 0.2) is 0 Å². The van der Waals surface area contributed by atoms with E-state index in [1.807, 2.05) is 18.2 Å². The van der Waals surface area contributed by atoms with Gasteiger partial charge >= 0.3 is 0 Å². The molecule has 190 valence electrons. The smallest absolute Gasteiger partial charge is 0.259 e. The van der Waals surface area contributed by atoms with Crippen molar-refractivity contribution in [2.45, 2.75) is 29.3 Å². The number of amides is 2. The van der Waals surface area contributed by atoms with E-state index in [1.54, 1.807) is 41.3 Å². The van der Waals surface area contributed by atoms with E-state index in [2.05, 4.69) is 6.07 Å². The maximum atomic E-state index is 13.8. The normalized spacial score (nSPS) is 15.8. The molecule has 0 aliphatic carbocycles. The summed E-state index contributed by atoms with van der Waals surface area (Å²) in [5, 5.41) is 0.556. The van der Waals surface area contributed by atoms with Crippen LogP contribution in [0.25, 0.3) is 0 Å². The lowest BCUT2D eigenvalue weighted by molar-refractivity contribution is 0.0734. The minimum absolute atomic E-state index is 0.00898. The van der Waals surface area contributed by atoms with Crippen LogP contribution in [0.1, 0.15) is 37.4 Å². The molecule has 0 spiro atoms. The summed E-state index contributed by atoms with van der Waals surface area (Å²) in [6.45, 7) is 1.15. The molecule has 0 atom stereocenters. The van der Waals surface area contributed by atoms with E-state index in [1.165, 1.54) is 40.8 Å². The van der Waals surface area contributed by atoms with Crippen molar-refractivity contribution < 1.29 is 18.0 Å². The number of anilines is 1. The van der Waals surface area contributed by atoms with E-state index in [0.29, 0.717) is 23.7 Å². The number of hydrogen-bond acceptors (Lipinski definition) is 4. The molecule has 6 nitrogen and oxygen atoms in total. The molecule has 8 heteroatoms. The van der Waals surface area contributed by atoms with E-state index < -0.39 is 15.7 Å². The van der Waals surface area contributed by atoms with Crippen LogP contribution in [0.5, 0.6) is 0 Å². The lowest BCUT2D eigenvalue weighted by atomic mass is 9.99. The molecule has 2 aliphatic rings. The van der Waals surface area contributed by atoms with Crippen LogP contribution >= 0.6 is 11.6 Å². The summed E-state index contributed by atoms with van der Waals surface area (Å²) in [6, 6.07) is 25.8. The van der Waals surface area contributed by atoms with Gasteiger partial charge in [0, 0.05) is 23.7 Å². The highest BCUT2D eigenvalue weighted by atomic mass is 35.5. The first-order valence-corrected chi connectivity index (χ1v) is 14.1. The molecule has 38 heavy (non-hydrogen) atoms. The maximum absolute atomic E-state index is 13.8. The van der Waals surface area contributed by atoms with Crippen LogP contribution in [0.3, 0.4) is 0 Å². The quantitative estimate of drug-likeness (QED) is 0.341. The number of benzene rings is 4. The zero-order valence-electron chi connectivity index (χ0n) is 20.3. The van der Waals surface area contributed by atoms with Gasteiger partial charge in [-0.15, -0.1) is 0 Å². The van der Waals surface area contributed by atoms with Crippen LogP contribution in [-0.2, 0) is 29.3 Å². The summed E-state index contributed by atoms with van der Waals surface area (Å²) in [5.74, 6) is -0.658. The molecule has 0 radical (unpaired) electrons. The van der Waals surface area contributed by atoms with E-state index in [9.17, 15) is 18.0 Å². The molecular formula is C30H23ClN2O4S. The summed E-state index contributed by atoms with van der Waals surface area (Å²) in [7, 11) is -4.02. The van der Waals surface area contributed by atoms with Crippen LogP contribution in [0.4, 0.5) is 5.69 Å². The molecule has 0 bridgehead atoms. The van der Waals surface area contributed by atoms with Gasteiger partial charge in [0.05, 0.1) is 27.6 Å². The summed E-state index contributed by atoms with van der Waals surface area (Å²) in [6.07, 6.45) is 0.748. The Hall–Kier alpha value is -3.94. The Balaban J connectivity index is 1.45. The van der Waals surface area contributed by atoms with Crippen molar-refractivity contribution in [3.8, 4) is 0 Å². The molecule has 4 aromatic rings. The van der Waals surface area contributed by atoms with E-state index in [0.717, 1.165) is 17.5 Å². The van der Waals surface area contributed by atoms with Crippen molar-refractivity contribution in [3.05, 3.63) is 124 Å². The number of rotatable bonds is 3. The third-order valence-corrected chi connectivity index (χ3v) is 9.22. The van der Waals surface area contributed by atoms with Crippen molar-refractivity contribution in [3.63, 3.8) is 0 Å². The minimum Gasteiger partial charge on any atom is -0.334 e. The summed E-state index contributed by atoms with van der Waals surface area (Å²) >= 11 is 6.05. The number of sulfone groups is 1. The Kier molecular flexibility index (Phi) is 6.05. The van der Waals surface area contributed by atoms with Crippen molar-refractivity contribution in [1.29, 1.82) is 0 Å². The molecule has 0 fully saturated rings. The third kappa shape index (κ3) is 4.18. The van der Waals surface area contributed by atoms with E-state index >= 15 is 0 Å². The highest BCUT2D eigenvalue weighted by molar-refractivity contribution is 7.91. The number of carbonyl (C=O) groups excluding carboxylic acids is 2. The van der Waals surface area contributed by atoms with Crippen molar-refractivity contribution >= 4 is 38.9 Å². The number of hydrogen-bond donors (Lipinski definition) is 0. The second-order valence-corrected chi connectivity index (χ2v) is 11.8. The van der Waals surface area contributed by atoms with Crippen LogP contribution < -0.4 is 4.90 Å². The highest BCUT2D eigenvalue weighted by Gasteiger charge is 2.36. The molecule has 0 N–H and O–H groups in total. The van der Waals surface area contributed by atoms with Crippen molar-refractivity contribution in [2.24, 2.45) is 0 Å². The van der Waals surface area contributed by atoms with Crippen LogP contribution in [0, 0.1) is 0 Å². The Morgan fingerprint density at radius 1 is 0.842 bits per heavy atom. The average molecular weight is 543 g/mol. The van der Waals surface area contributed by atoms with Crippen LogP contribution in [0.15, 0.2) is 101 Å². The zero-order valence-corrected chi connectivity index (χ0v) is 21.9. The van der Waals surface area contributed by atoms with Crippen LogP contribution in [-0.4, -0.2) is 31.7 Å². The lowest BCUT2D eigenvalue weighted by Crippen LogP contribution is -2.36. The molecule has 2 amide bonds. The second-order valence-electron chi connectivity index (χ2n) is 9.45. The summed E-state index contributed by atoms with van der Waals surface area (Å²) in [4.78, 5) is 30.6. The summed E-state index contributed by atoms with van der Waals surface area (Å²) in [5.41, 5.74) is 3.71. The Bertz CT molecular complexity index is 1700. The Morgan fingerprint density at radius 3 is 2.34 bits per heavy atom. The topological polar surface area (TPSA) is 74.8 Å². The minimum atomic E-state index is -4.02. The maximum Gasteiger partial charge on any atom is 0.259 e. The third-order valence-electron chi connectivity index (χ3n) is 7.11. The largest absolute Gasteiger partial charge is 0.334 e. The number of carbonyl (C=O) groups is 2. The van der Waals surface area contributed by atoms with Gasteiger partial charge < -0.3 is 9.80 Å². The fourth-order valence-electron chi connectivity index (χ4n) is 5.12. The van der Waals surface area contributed by atoms with Gasteiger partial charge in [-0.05, 0) is 65.6 Å². The van der Waals surface area contributed by atoms with Gasteiger partial charge in [-0.25, -0.2) is 8.42 Å². The molecular weight excluding hydrogens is 520 g/mol. The first kappa shape index (κ1) is 24.4. The predicted molar refractivity (Wildman–Crippen MR) is 145 cm³/mol. The molecule has 0 saturated carbocycles. The number of fused-ring (bicyclic) bond motifs is 3. The SMILES string of the molecule is O=C(c1ccc2c(c1)N(Cc1ccc(Cl)cc1)C(=O)c1ccccc1S2(=O)=O)N1CCc2ccccc2C1. The predicted octanol–water partition coefficient (Wildman–Crippen LogP) is 5.53. The van der Waals surface area contributed by atoms with Crippen LogP contribution in [0.2, 0.25) is 5.02 Å².